The monoisotopic (exact) mass is 409 g/mol. The first kappa shape index (κ1) is 18.9. The molecular weight excluding hydrogens is 392 g/mol. The quantitative estimate of drug-likeness (QED) is 0.612. The molecule has 3 aromatic rings. The zero-order valence-corrected chi connectivity index (χ0v) is 16.5. The normalized spacial score (nSPS) is 18.3. The molecule has 0 fully saturated rings. The van der Waals surface area contributed by atoms with Crippen LogP contribution >= 0.6 is 11.3 Å². The van der Waals surface area contributed by atoms with Gasteiger partial charge in [-0.15, -0.1) is 0 Å². The molecule has 0 saturated carbocycles. The van der Waals surface area contributed by atoms with Gasteiger partial charge in [-0.1, -0.05) is 23.5 Å². The number of imidazole rings is 1. The number of rotatable bonds is 6. The van der Waals surface area contributed by atoms with Crippen LogP contribution in [-0.4, -0.2) is 44.3 Å². The van der Waals surface area contributed by atoms with Crippen LogP contribution in [0.25, 0.3) is 10.2 Å². The summed E-state index contributed by atoms with van der Waals surface area (Å²) in [5.41, 5.74) is 2.32. The van der Waals surface area contributed by atoms with E-state index in [1.165, 1.54) is 28.9 Å². The van der Waals surface area contributed by atoms with Gasteiger partial charge < -0.3 is 14.9 Å². The smallest absolute Gasteiger partial charge is 0.264 e. The summed E-state index contributed by atoms with van der Waals surface area (Å²) in [7, 11) is 0. The van der Waals surface area contributed by atoms with Crippen LogP contribution < -0.4 is 10.1 Å². The summed E-state index contributed by atoms with van der Waals surface area (Å²) in [5.74, 6) is -2.35. The lowest BCUT2D eigenvalue weighted by Crippen LogP contribution is -2.38. The highest BCUT2D eigenvalue weighted by Gasteiger charge is 2.38. The van der Waals surface area contributed by atoms with Gasteiger partial charge >= 0.3 is 0 Å². The minimum atomic E-state index is -1.32. The van der Waals surface area contributed by atoms with Crippen LogP contribution in [0.15, 0.2) is 46.9 Å². The molecule has 2 atom stereocenters. The summed E-state index contributed by atoms with van der Waals surface area (Å²) in [5, 5.41) is 17.6. The number of nitrogens with zero attached hydrogens (tertiary/aromatic N) is 5. The standard InChI is InChI=1S/C19H18N6O3S/c1-10(22-14(18(27)28)7-12-8-20-9-21-12)16-11(2)24-25(17(16)26)19-23-13-5-3-4-6-15(13)29-19/h3-6,8-9,14,16H,7H2,1-2H3,(H,20,21)(H,27,28)/p-1/t14-,16+/m0/s1. The van der Waals surface area contributed by atoms with Crippen LogP contribution in [-0.2, 0) is 16.0 Å². The minimum Gasteiger partial charge on any atom is -0.548 e. The number of aromatic nitrogens is 3. The summed E-state index contributed by atoms with van der Waals surface area (Å²) in [6.45, 7) is 3.35. The van der Waals surface area contributed by atoms with Crippen molar-refractivity contribution < 1.29 is 14.7 Å². The minimum absolute atomic E-state index is 0.0956. The Morgan fingerprint density at radius 2 is 2.21 bits per heavy atom. The van der Waals surface area contributed by atoms with Gasteiger partial charge in [0.15, 0.2) is 0 Å². The lowest BCUT2D eigenvalue weighted by molar-refractivity contribution is -0.307. The second-order valence-corrected chi connectivity index (χ2v) is 7.68. The van der Waals surface area contributed by atoms with Gasteiger partial charge in [-0.2, -0.15) is 10.1 Å². The van der Waals surface area contributed by atoms with Gasteiger partial charge in [-0.3, -0.25) is 9.79 Å². The van der Waals surface area contributed by atoms with E-state index in [1.807, 2.05) is 24.3 Å². The third-order valence-electron chi connectivity index (χ3n) is 4.61. The summed E-state index contributed by atoms with van der Waals surface area (Å²) in [6.07, 6.45) is 3.09. The van der Waals surface area contributed by atoms with E-state index >= 15 is 0 Å². The van der Waals surface area contributed by atoms with Crippen molar-refractivity contribution >= 4 is 50.0 Å². The highest BCUT2D eigenvalue weighted by Crippen LogP contribution is 2.32. The molecule has 1 aliphatic heterocycles. The number of carboxylic acid groups (broad SMARTS) is 1. The number of thiazole rings is 1. The Hall–Kier alpha value is -3.40. The van der Waals surface area contributed by atoms with Gasteiger partial charge in [-0.25, -0.2) is 9.97 Å². The number of para-hydroxylation sites is 1. The topological polar surface area (TPSA) is 127 Å². The highest BCUT2D eigenvalue weighted by atomic mass is 32.1. The van der Waals surface area contributed by atoms with E-state index in [1.54, 1.807) is 13.8 Å². The molecule has 3 heterocycles. The molecule has 2 aromatic heterocycles. The van der Waals surface area contributed by atoms with Crippen molar-refractivity contribution in [3.05, 3.63) is 42.5 Å². The molecule has 29 heavy (non-hydrogen) atoms. The number of carboxylic acids is 1. The molecule has 148 valence electrons. The predicted molar refractivity (Wildman–Crippen MR) is 108 cm³/mol. The Kier molecular flexibility index (Phi) is 4.93. The number of amides is 1. The third-order valence-corrected chi connectivity index (χ3v) is 5.62. The van der Waals surface area contributed by atoms with Gasteiger partial charge in [0, 0.05) is 24.0 Å². The number of fused-ring (bicyclic) bond motifs is 1. The Labute approximate surface area is 169 Å². The molecule has 0 aliphatic carbocycles. The van der Waals surface area contributed by atoms with E-state index < -0.39 is 17.9 Å². The number of H-pyrrole nitrogens is 1. The fourth-order valence-electron chi connectivity index (χ4n) is 3.24. The van der Waals surface area contributed by atoms with Crippen molar-refractivity contribution in [3.63, 3.8) is 0 Å². The van der Waals surface area contributed by atoms with Gasteiger partial charge in [0.2, 0.25) is 5.13 Å². The number of aromatic amines is 1. The van der Waals surface area contributed by atoms with Crippen molar-refractivity contribution in [1.29, 1.82) is 0 Å². The largest absolute Gasteiger partial charge is 0.548 e. The number of hydrogen-bond donors (Lipinski definition) is 1. The number of hydrogen-bond acceptors (Lipinski definition) is 8. The number of carbonyl (C=O) groups excluding carboxylic acids is 2. The summed E-state index contributed by atoms with van der Waals surface area (Å²) in [6, 6.07) is 6.46. The molecule has 4 rings (SSSR count). The van der Waals surface area contributed by atoms with E-state index in [9.17, 15) is 14.7 Å². The number of carbonyl (C=O) groups is 2. The third kappa shape index (κ3) is 3.66. The van der Waals surface area contributed by atoms with Gasteiger partial charge in [-0.05, 0) is 26.0 Å². The maximum absolute atomic E-state index is 13.0. The number of nitrogens with one attached hydrogen (secondary N) is 1. The maximum atomic E-state index is 13.0. The lowest BCUT2D eigenvalue weighted by atomic mass is 9.99. The Balaban J connectivity index is 1.59. The second-order valence-electron chi connectivity index (χ2n) is 6.67. The number of anilines is 1. The van der Waals surface area contributed by atoms with E-state index in [4.69, 9.17) is 0 Å². The molecular formula is C19H17N6O3S-. The lowest BCUT2D eigenvalue weighted by Gasteiger charge is -2.17. The number of hydrazone groups is 1. The van der Waals surface area contributed by atoms with Crippen molar-refractivity contribution in [1.82, 2.24) is 15.0 Å². The molecule has 0 radical (unpaired) electrons. The number of aliphatic imine (C=N–C) groups is 1. The van der Waals surface area contributed by atoms with Crippen molar-refractivity contribution in [3.8, 4) is 0 Å². The second kappa shape index (κ2) is 7.55. The van der Waals surface area contributed by atoms with Gasteiger partial charge in [0.25, 0.3) is 5.91 Å². The van der Waals surface area contributed by atoms with Crippen LogP contribution in [0.1, 0.15) is 19.5 Å². The van der Waals surface area contributed by atoms with Gasteiger partial charge in [0.1, 0.15) is 5.92 Å². The van der Waals surface area contributed by atoms with E-state index in [0.717, 1.165) is 10.2 Å². The van der Waals surface area contributed by atoms with Crippen LogP contribution in [0.4, 0.5) is 5.13 Å². The first-order chi connectivity index (χ1) is 13.9. The van der Waals surface area contributed by atoms with Crippen LogP contribution in [0.5, 0.6) is 0 Å². The van der Waals surface area contributed by atoms with Crippen LogP contribution in [0, 0.1) is 5.92 Å². The van der Waals surface area contributed by atoms with E-state index in [2.05, 4.69) is 25.0 Å². The summed E-state index contributed by atoms with van der Waals surface area (Å²) >= 11 is 1.37. The summed E-state index contributed by atoms with van der Waals surface area (Å²) in [4.78, 5) is 40.0. The number of benzene rings is 1. The van der Waals surface area contributed by atoms with E-state index in [0.29, 0.717) is 22.2 Å². The maximum Gasteiger partial charge on any atom is 0.264 e. The first-order valence-corrected chi connectivity index (χ1v) is 9.72. The molecule has 9 nitrogen and oxygen atoms in total. The molecule has 1 aromatic carbocycles. The fourth-order valence-corrected chi connectivity index (χ4v) is 4.16. The average molecular weight is 409 g/mol. The van der Waals surface area contributed by atoms with Crippen LogP contribution in [0.3, 0.4) is 0 Å². The van der Waals surface area contributed by atoms with Crippen LogP contribution in [0.2, 0.25) is 0 Å². The molecule has 1 N–H and O–H groups in total. The van der Waals surface area contributed by atoms with Crippen molar-refractivity contribution in [2.45, 2.75) is 26.3 Å². The first-order valence-electron chi connectivity index (χ1n) is 8.91. The molecule has 10 heteroatoms. The average Bonchev–Trinajstić information content (AvgIpc) is 3.39. The zero-order chi connectivity index (χ0) is 20.5. The highest BCUT2D eigenvalue weighted by molar-refractivity contribution is 7.22. The molecule has 0 saturated heterocycles. The Bertz CT molecular complexity index is 1100. The summed E-state index contributed by atoms with van der Waals surface area (Å²) < 4.78 is 0.952. The zero-order valence-electron chi connectivity index (χ0n) is 15.7. The molecule has 0 bridgehead atoms. The number of aliphatic carboxylic acids is 1. The molecule has 0 unspecified atom stereocenters. The fraction of sp³-hybridized carbons (Fsp3) is 0.263. The van der Waals surface area contributed by atoms with Crippen molar-refractivity contribution in [2.24, 2.45) is 16.0 Å². The van der Waals surface area contributed by atoms with Crippen molar-refractivity contribution in [2.75, 3.05) is 5.01 Å². The Morgan fingerprint density at radius 3 is 2.90 bits per heavy atom. The molecule has 1 aliphatic rings. The Morgan fingerprint density at radius 1 is 1.41 bits per heavy atom. The molecule has 0 spiro atoms. The molecule has 1 amide bonds. The van der Waals surface area contributed by atoms with Gasteiger partial charge in [0.05, 0.1) is 34.3 Å². The van der Waals surface area contributed by atoms with E-state index in [-0.39, 0.29) is 12.3 Å². The SMILES string of the molecule is CC(=N[C@@H](Cc1cnc[nH]1)C(=O)[O-])[C@H]1C(=O)N(c2nc3ccccc3s2)N=C1C. The predicted octanol–water partition coefficient (Wildman–Crippen LogP) is 1.18.